The van der Waals surface area contributed by atoms with Crippen molar-refractivity contribution in [2.75, 3.05) is 0 Å². The van der Waals surface area contributed by atoms with E-state index in [1.54, 1.807) is 6.07 Å². The average molecular weight is 316 g/mol. The van der Waals surface area contributed by atoms with E-state index >= 15 is 0 Å². The van der Waals surface area contributed by atoms with Crippen molar-refractivity contribution in [2.45, 2.75) is 22.2 Å². The summed E-state index contributed by atoms with van der Waals surface area (Å²) in [6.07, 6.45) is 0. The lowest BCUT2D eigenvalue weighted by atomic mass is 10.1. The quantitative estimate of drug-likeness (QED) is 0.620. The van der Waals surface area contributed by atoms with Crippen LogP contribution in [0.5, 0.6) is 0 Å². The van der Waals surface area contributed by atoms with Gasteiger partial charge in [0.1, 0.15) is 0 Å². The van der Waals surface area contributed by atoms with E-state index in [1.807, 2.05) is 0 Å². The molecule has 0 radical (unpaired) electrons. The van der Waals surface area contributed by atoms with Gasteiger partial charge in [-0.3, -0.25) is 0 Å². The largest absolute Gasteiger partial charge is 0.446 e. The summed E-state index contributed by atoms with van der Waals surface area (Å²) in [5.41, 5.74) is -4.71. The van der Waals surface area contributed by atoms with E-state index in [4.69, 9.17) is 15.9 Å². The minimum atomic E-state index is -4.57. The van der Waals surface area contributed by atoms with Gasteiger partial charge in [-0.2, -0.15) is 18.4 Å². The van der Waals surface area contributed by atoms with E-state index < -0.39 is 36.1 Å². The van der Waals surface area contributed by atoms with Crippen LogP contribution in [0.1, 0.15) is 11.1 Å². The smallest absolute Gasteiger partial charge is 0.207 e. The Labute approximate surface area is 110 Å². The molecule has 0 atom stereocenters. The first-order valence-corrected chi connectivity index (χ1v) is 7.42. The molecule has 0 aliphatic rings. The molecule has 0 saturated carbocycles. The number of thioether (sulfide) groups is 1. The fraction of sp³-hybridized carbons (Fsp3) is 0.222. The highest BCUT2D eigenvalue weighted by Gasteiger charge is 2.30. The second-order valence-corrected chi connectivity index (χ2v) is 6.86. The van der Waals surface area contributed by atoms with Crippen molar-refractivity contribution < 1.29 is 21.6 Å². The molecular weight excluding hydrogens is 311 g/mol. The second kappa shape index (κ2) is 4.99. The molecule has 98 valence electrons. The van der Waals surface area contributed by atoms with Crippen molar-refractivity contribution in [1.82, 2.24) is 0 Å². The molecule has 0 heterocycles. The average Bonchev–Trinajstić information content (AvgIpc) is 2.16. The van der Waals surface area contributed by atoms with E-state index in [-0.39, 0.29) is 11.1 Å². The molecule has 0 aliphatic carbocycles. The van der Waals surface area contributed by atoms with Gasteiger partial charge in [0.25, 0.3) is 9.05 Å². The first kappa shape index (κ1) is 15.1. The normalized spacial score (nSPS) is 12.2. The molecule has 0 unspecified atom stereocenters. The first-order chi connectivity index (χ1) is 8.04. The number of alkyl halides is 3. The first-order valence-electron chi connectivity index (χ1n) is 4.30. The number of hydrogen-bond donors (Lipinski definition) is 0. The monoisotopic (exact) mass is 315 g/mol. The maximum Gasteiger partial charge on any atom is 0.446 e. The summed E-state index contributed by atoms with van der Waals surface area (Å²) in [6, 6.07) is 3.40. The van der Waals surface area contributed by atoms with Gasteiger partial charge in [0.15, 0.2) is 0 Å². The van der Waals surface area contributed by atoms with Gasteiger partial charge in [0.05, 0.1) is 16.5 Å². The Hall–Kier alpha value is -0.910. The highest BCUT2D eigenvalue weighted by atomic mass is 35.7. The standard InChI is InChI=1S/C9H5ClF3NO2S2/c1-5-6(4-14)2-7(17-9(11,12)13)3-8(5)18(10,15)16/h2-3H,1H3. The van der Waals surface area contributed by atoms with Gasteiger partial charge in [-0.05, 0) is 36.4 Å². The topological polar surface area (TPSA) is 57.9 Å². The van der Waals surface area contributed by atoms with Crippen LogP contribution in [0.25, 0.3) is 0 Å². The van der Waals surface area contributed by atoms with Crippen molar-refractivity contribution in [3.05, 3.63) is 23.3 Å². The fourth-order valence-corrected chi connectivity index (χ4v) is 3.14. The van der Waals surface area contributed by atoms with Crippen molar-refractivity contribution >= 4 is 31.5 Å². The van der Waals surface area contributed by atoms with Crippen molar-refractivity contribution in [1.29, 1.82) is 5.26 Å². The number of nitriles is 1. The Bertz CT molecular complexity index is 620. The zero-order chi connectivity index (χ0) is 14.1. The highest BCUT2D eigenvalue weighted by molar-refractivity contribution is 8.13. The molecule has 0 bridgehead atoms. The lowest BCUT2D eigenvalue weighted by Crippen LogP contribution is -2.02. The van der Waals surface area contributed by atoms with E-state index in [0.29, 0.717) is 0 Å². The van der Waals surface area contributed by atoms with Gasteiger partial charge < -0.3 is 0 Å². The molecule has 0 saturated heterocycles. The molecule has 3 nitrogen and oxygen atoms in total. The van der Waals surface area contributed by atoms with Gasteiger partial charge in [-0.1, -0.05) is 0 Å². The van der Waals surface area contributed by atoms with Crippen LogP contribution in [0.4, 0.5) is 13.2 Å². The Morgan fingerprint density at radius 1 is 1.39 bits per heavy atom. The van der Waals surface area contributed by atoms with Crippen LogP contribution in [-0.4, -0.2) is 13.9 Å². The molecule has 18 heavy (non-hydrogen) atoms. The molecule has 0 aromatic heterocycles. The van der Waals surface area contributed by atoms with Gasteiger partial charge in [0.2, 0.25) is 0 Å². The number of hydrogen-bond acceptors (Lipinski definition) is 4. The lowest BCUT2D eigenvalue weighted by Gasteiger charge is -2.09. The molecule has 0 N–H and O–H groups in total. The third-order valence-corrected chi connectivity index (χ3v) is 4.10. The minimum Gasteiger partial charge on any atom is -0.207 e. The van der Waals surface area contributed by atoms with Crippen LogP contribution in [-0.2, 0) is 9.05 Å². The van der Waals surface area contributed by atoms with Crippen LogP contribution in [0.3, 0.4) is 0 Å². The molecule has 9 heteroatoms. The van der Waals surface area contributed by atoms with Gasteiger partial charge in [-0.25, -0.2) is 8.42 Å². The Morgan fingerprint density at radius 3 is 2.33 bits per heavy atom. The van der Waals surface area contributed by atoms with E-state index in [1.165, 1.54) is 6.92 Å². The third kappa shape index (κ3) is 3.80. The van der Waals surface area contributed by atoms with Crippen molar-refractivity contribution in [2.24, 2.45) is 0 Å². The number of halogens is 4. The Kier molecular flexibility index (Phi) is 4.20. The van der Waals surface area contributed by atoms with E-state index in [2.05, 4.69) is 0 Å². The fourth-order valence-electron chi connectivity index (χ4n) is 1.22. The predicted octanol–water partition coefficient (Wildman–Crippen LogP) is 3.41. The van der Waals surface area contributed by atoms with Crippen LogP contribution < -0.4 is 0 Å². The van der Waals surface area contributed by atoms with Crippen LogP contribution in [0, 0.1) is 18.3 Å². The summed E-state index contributed by atoms with van der Waals surface area (Å²) in [4.78, 5) is -0.890. The SMILES string of the molecule is Cc1c(C#N)cc(SC(F)(F)F)cc1S(=O)(=O)Cl. The molecular formula is C9H5ClF3NO2S2. The molecule has 0 fully saturated rings. The number of rotatable bonds is 2. The van der Waals surface area contributed by atoms with Crippen LogP contribution >= 0.6 is 22.4 Å². The van der Waals surface area contributed by atoms with Crippen molar-refractivity contribution in [3.8, 4) is 6.07 Å². The van der Waals surface area contributed by atoms with Crippen LogP contribution in [0.2, 0.25) is 0 Å². The molecule has 1 aromatic rings. The zero-order valence-corrected chi connectivity index (χ0v) is 11.1. The second-order valence-electron chi connectivity index (χ2n) is 3.19. The minimum absolute atomic E-state index is 0.0269. The number of benzene rings is 1. The maximum absolute atomic E-state index is 12.2. The summed E-state index contributed by atoms with van der Waals surface area (Å²) in [5, 5.41) is 8.75. The summed E-state index contributed by atoms with van der Waals surface area (Å²) in [5.74, 6) is 0. The molecule has 1 aromatic carbocycles. The zero-order valence-electron chi connectivity index (χ0n) is 8.75. The lowest BCUT2D eigenvalue weighted by molar-refractivity contribution is -0.0328. The Morgan fingerprint density at radius 2 is 1.94 bits per heavy atom. The summed E-state index contributed by atoms with van der Waals surface area (Å²) < 4.78 is 59.0. The van der Waals surface area contributed by atoms with E-state index in [9.17, 15) is 21.6 Å². The van der Waals surface area contributed by atoms with Gasteiger partial charge >= 0.3 is 5.51 Å². The van der Waals surface area contributed by atoms with Crippen LogP contribution in [0.15, 0.2) is 21.9 Å². The molecule has 0 aliphatic heterocycles. The molecule has 0 spiro atoms. The predicted molar refractivity (Wildman–Crippen MR) is 60.8 cm³/mol. The third-order valence-electron chi connectivity index (χ3n) is 1.95. The Balaban J connectivity index is 3.47. The summed E-state index contributed by atoms with van der Waals surface area (Å²) in [6.45, 7) is 1.30. The van der Waals surface area contributed by atoms with Crippen molar-refractivity contribution in [3.63, 3.8) is 0 Å². The summed E-state index contributed by atoms with van der Waals surface area (Å²) >= 11 is -0.505. The molecule has 0 amide bonds. The summed E-state index contributed by atoms with van der Waals surface area (Å²) in [7, 11) is 0.905. The highest BCUT2D eigenvalue weighted by Crippen LogP contribution is 2.39. The molecule has 1 rings (SSSR count). The van der Waals surface area contributed by atoms with Gasteiger partial charge in [0, 0.05) is 15.6 Å². The van der Waals surface area contributed by atoms with Gasteiger partial charge in [-0.15, -0.1) is 0 Å². The maximum atomic E-state index is 12.2. The van der Waals surface area contributed by atoms with E-state index in [0.717, 1.165) is 12.1 Å². The number of nitrogens with zero attached hydrogens (tertiary/aromatic N) is 1.